The lowest BCUT2D eigenvalue weighted by Crippen LogP contribution is -2.28. The summed E-state index contributed by atoms with van der Waals surface area (Å²) in [7, 11) is 0. The Balaban J connectivity index is 2.44. The van der Waals surface area contributed by atoms with E-state index in [1.54, 1.807) is 0 Å². The number of aromatic nitrogens is 1. The summed E-state index contributed by atoms with van der Waals surface area (Å²) in [6.07, 6.45) is -4.10. The summed E-state index contributed by atoms with van der Waals surface area (Å²) < 4.78 is 36.8. The Morgan fingerprint density at radius 3 is 2.67 bits per heavy atom. The zero-order chi connectivity index (χ0) is 13.6. The quantitative estimate of drug-likeness (QED) is 0.784. The van der Waals surface area contributed by atoms with Crippen molar-refractivity contribution in [2.45, 2.75) is 24.2 Å². The van der Waals surface area contributed by atoms with Gasteiger partial charge in [0.25, 0.3) is 0 Å². The minimum absolute atomic E-state index is 0.394. The fourth-order valence-corrected chi connectivity index (χ4v) is 1.96. The number of hydrogen-bond donors (Lipinski definition) is 2. The molecule has 0 aliphatic rings. The van der Waals surface area contributed by atoms with Gasteiger partial charge in [-0.25, -0.2) is 4.98 Å². The summed E-state index contributed by atoms with van der Waals surface area (Å²) >= 11 is 1.23. The number of alkyl halides is 3. The Hall–Kier alpha value is -0.790. The van der Waals surface area contributed by atoms with E-state index in [0.29, 0.717) is 17.3 Å². The van der Waals surface area contributed by atoms with Crippen LogP contribution in [0.4, 0.5) is 13.2 Å². The highest BCUT2D eigenvalue weighted by atomic mass is 32.2. The van der Waals surface area contributed by atoms with Crippen LogP contribution in [0.25, 0.3) is 0 Å². The van der Waals surface area contributed by atoms with Crippen molar-refractivity contribution in [1.29, 1.82) is 0 Å². The van der Waals surface area contributed by atoms with Gasteiger partial charge in [0.2, 0.25) is 0 Å². The smallest absolute Gasteiger partial charge is 0.391 e. The van der Waals surface area contributed by atoms with E-state index in [4.69, 9.17) is 0 Å². The van der Waals surface area contributed by atoms with Crippen LogP contribution in [-0.2, 0) is 6.18 Å². The van der Waals surface area contributed by atoms with E-state index in [-0.39, 0.29) is 0 Å². The van der Waals surface area contributed by atoms with Crippen LogP contribution in [0.1, 0.15) is 12.5 Å². The highest BCUT2D eigenvalue weighted by Crippen LogP contribution is 2.29. The average molecular weight is 280 g/mol. The van der Waals surface area contributed by atoms with Gasteiger partial charge in [-0.2, -0.15) is 13.2 Å². The molecule has 18 heavy (non-hydrogen) atoms. The Bertz CT molecular complexity index is 356. The molecule has 0 saturated carbocycles. The number of rotatable bonds is 6. The van der Waals surface area contributed by atoms with Crippen LogP contribution in [0.15, 0.2) is 23.4 Å². The van der Waals surface area contributed by atoms with Gasteiger partial charge < -0.3 is 10.4 Å². The Morgan fingerprint density at radius 1 is 1.44 bits per heavy atom. The van der Waals surface area contributed by atoms with Crippen LogP contribution in [0.3, 0.4) is 0 Å². The standard InChI is InChI=1S/C11H15F3N2OS/c1-2-15-6-9(17)7-18-10-4-3-8(5-16-10)11(12,13)14/h3-5,9,15,17H,2,6-7H2,1H3. The first kappa shape index (κ1) is 15.3. The third-order valence-corrected chi connectivity index (χ3v) is 3.21. The van der Waals surface area contributed by atoms with Gasteiger partial charge in [-0.1, -0.05) is 6.92 Å². The van der Waals surface area contributed by atoms with Crippen molar-refractivity contribution in [1.82, 2.24) is 10.3 Å². The second kappa shape index (κ2) is 6.96. The second-order valence-corrected chi connectivity index (χ2v) is 4.70. The average Bonchev–Trinajstić information content (AvgIpc) is 2.33. The first-order valence-corrected chi connectivity index (χ1v) is 6.47. The lowest BCUT2D eigenvalue weighted by atomic mass is 10.3. The van der Waals surface area contributed by atoms with Crippen molar-refractivity contribution in [2.75, 3.05) is 18.8 Å². The zero-order valence-corrected chi connectivity index (χ0v) is 10.7. The first-order chi connectivity index (χ1) is 8.43. The summed E-state index contributed by atoms with van der Waals surface area (Å²) in [5.41, 5.74) is -0.764. The second-order valence-electron chi connectivity index (χ2n) is 3.66. The summed E-state index contributed by atoms with van der Waals surface area (Å²) in [5, 5.41) is 13.0. The number of likely N-dealkylation sites (N-methyl/N-ethyl adjacent to an activating group) is 1. The van der Waals surface area contributed by atoms with Gasteiger partial charge >= 0.3 is 6.18 Å². The van der Waals surface area contributed by atoms with Crippen molar-refractivity contribution in [2.24, 2.45) is 0 Å². The normalized spacial score (nSPS) is 13.6. The van der Waals surface area contributed by atoms with Gasteiger partial charge in [0.1, 0.15) is 0 Å². The predicted molar refractivity (Wildman–Crippen MR) is 64.5 cm³/mol. The molecule has 1 rings (SSSR count). The first-order valence-electron chi connectivity index (χ1n) is 5.48. The van der Waals surface area contributed by atoms with Gasteiger partial charge in [0.05, 0.1) is 16.7 Å². The fraction of sp³-hybridized carbons (Fsp3) is 0.545. The summed E-state index contributed by atoms with van der Waals surface area (Å²) in [4.78, 5) is 3.71. The molecule has 0 aliphatic carbocycles. The maximum Gasteiger partial charge on any atom is 0.417 e. The molecule has 0 amide bonds. The zero-order valence-electron chi connectivity index (χ0n) is 9.87. The molecule has 1 unspecified atom stereocenters. The Labute approximate surface area is 108 Å². The monoisotopic (exact) mass is 280 g/mol. The highest BCUT2D eigenvalue weighted by Gasteiger charge is 2.30. The van der Waals surface area contributed by atoms with Gasteiger partial charge in [-0.3, -0.25) is 0 Å². The molecule has 0 aromatic carbocycles. The molecule has 0 aliphatic heterocycles. The molecular weight excluding hydrogens is 265 g/mol. The molecule has 102 valence electrons. The van der Waals surface area contributed by atoms with E-state index in [1.165, 1.54) is 17.8 Å². The number of aliphatic hydroxyl groups excluding tert-OH is 1. The van der Waals surface area contributed by atoms with Crippen LogP contribution >= 0.6 is 11.8 Å². The molecule has 1 heterocycles. The lowest BCUT2D eigenvalue weighted by Gasteiger charge is -2.10. The van der Waals surface area contributed by atoms with Crippen molar-refractivity contribution >= 4 is 11.8 Å². The van der Waals surface area contributed by atoms with E-state index >= 15 is 0 Å². The van der Waals surface area contributed by atoms with Gasteiger partial charge in [-0.05, 0) is 18.7 Å². The summed E-state index contributed by atoms with van der Waals surface area (Å²) in [6, 6.07) is 2.31. The van der Waals surface area contributed by atoms with Crippen LogP contribution in [-0.4, -0.2) is 35.0 Å². The fourth-order valence-electron chi connectivity index (χ4n) is 1.18. The topological polar surface area (TPSA) is 45.1 Å². The molecule has 0 fully saturated rings. The van der Waals surface area contributed by atoms with Crippen molar-refractivity contribution in [3.8, 4) is 0 Å². The molecule has 2 N–H and O–H groups in total. The maximum absolute atomic E-state index is 12.3. The SMILES string of the molecule is CCNCC(O)CSc1ccc(C(F)(F)F)cn1. The number of nitrogens with zero attached hydrogens (tertiary/aromatic N) is 1. The molecule has 0 bridgehead atoms. The summed E-state index contributed by atoms with van der Waals surface area (Å²) in [6.45, 7) is 3.15. The van der Waals surface area contributed by atoms with Gasteiger partial charge in [-0.15, -0.1) is 11.8 Å². The molecule has 1 aromatic heterocycles. The molecule has 0 radical (unpaired) electrons. The van der Waals surface area contributed by atoms with Gasteiger partial charge in [0, 0.05) is 18.5 Å². The summed E-state index contributed by atoms with van der Waals surface area (Å²) in [5.74, 6) is 0.394. The number of thioether (sulfide) groups is 1. The van der Waals surface area contributed by atoms with Crippen molar-refractivity contribution in [3.05, 3.63) is 23.9 Å². The minimum atomic E-state index is -4.36. The molecule has 1 atom stereocenters. The van der Waals surface area contributed by atoms with Crippen LogP contribution < -0.4 is 5.32 Å². The van der Waals surface area contributed by atoms with Crippen LogP contribution in [0, 0.1) is 0 Å². The number of aliphatic hydroxyl groups is 1. The van der Waals surface area contributed by atoms with Crippen molar-refractivity contribution in [3.63, 3.8) is 0 Å². The van der Waals surface area contributed by atoms with Crippen LogP contribution in [0.2, 0.25) is 0 Å². The number of halogens is 3. The number of nitrogens with one attached hydrogen (secondary N) is 1. The van der Waals surface area contributed by atoms with E-state index < -0.39 is 17.8 Å². The third-order valence-electron chi connectivity index (χ3n) is 2.12. The highest BCUT2D eigenvalue weighted by molar-refractivity contribution is 7.99. The molecule has 0 saturated heterocycles. The van der Waals surface area contributed by atoms with Crippen LogP contribution in [0.5, 0.6) is 0 Å². The van der Waals surface area contributed by atoms with E-state index in [2.05, 4.69) is 10.3 Å². The number of pyridine rings is 1. The number of hydrogen-bond acceptors (Lipinski definition) is 4. The largest absolute Gasteiger partial charge is 0.417 e. The van der Waals surface area contributed by atoms with E-state index in [0.717, 1.165) is 18.8 Å². The van der Waals surface area contributed by atoms with Gasteiger partial charge in [0.15, 0.2) is 0 Å². The van der Waals surface area contributed by atoms with Crippen molar-refractivity contribution < 1.29 is 18.3 Å². The molecule has 0 spiro atoms. The van der Waals surface area contributed by atoms with E-state index in [1.807, 2.05) is 6.92 Å². The van der Waals surface area contributed by atoms with E-state index in [9.17, 15) is 18.3 Å². The molecule has 7 heteroatoms. The Kier molecular flexibility index (Phi) is 5.90. The lowest BCUT2D eigenvalue weighted by molar-refractivity contribution is -0.137. The third kappa shape index (κ3) is 5.24. The molecule has 1 aromatic rings. The maximum atomic E-state index is 12.3. The Morgan fingerprint density at radius 2 is 2.17 bits per heavy atom. The predicted octanol–water partition coefficient (Wildman–Crippen LogP) is 2.16. The minimum Gasteiger partial charge on any atom is -0.391 e. The molecular formula is C11H15F3N2OS. The molecule has 3 nitrogen and oxygen atoms in total.